The smallest absolute Gasteiger partial charge is 0.224 e. The Hall–Kier alpha value is -3.32. The van der Waals surface area contributed by atoms with Crippen molar-refractivity contribution in [3.63, 3.8) is 0 Å². The van der Waals surface area contributed by atoms with Crippen molar-refractivity contribution in [3.8, 4) is 22.8 Å². The third kappa shape index (κ3) is 3.63. The van der Waals surface area contributed by atoms with Gasteiger partial charge < -0.3 is 20.5 Å². The Kier molecular flexibility index (Phi) is 4.52. The number of amides is 1. The van der Waals surface area contributed by atoms with Crippen LogP contribution in [0.4, 0.5) is 0 Å². The minimum absolute atomic E-state index is 0.0706. The number of H-pyrrole nitrogens is 1. The van der Waals surface area contributed by atoms with Crippen molar-refractivity contribution in [3.05, 3.63) is 64.6 Å². The van der Waals surface area contributed by atoms with Crippen molar-refractivity contribution in [1.82, 2.24) is 15.3 Å². The SMILES string of the molecule is O=C(Cc1c[nH]c2ccccc12)NCc1nc(-c2ccc(O)c(O)c2)cs1. The summed E-state index contributed by atoms with van der Waals surface area (Å²) in [7, 11) is 0. The molecule has 0 bridgehead atoms. The molecular weight excluding hydrogens is 362 g/mol. The third-order valence-electron chi connectivity index (χ3n) is 4.29. The number of carbonyl (C=O) groups excluding carboxylic acids is 1. The normalized spacial score (nSPS) is 11.0. The Morgan fingerprint density at radius 1 is 1.15 bits per heavy atom. The van der Waals surface area contributed by atoms with Gasteiger partial charge in [-0.25, -0.2) is 4.98 Å². The Morgan fingerprint density at radius 3 is 2.85 bits per heavy atom. The first-order valence-electron chi connectivity index (χ1n) is 8.38. The van der Waals surface area contributed by atoms with E-state index in [-0.39, 0.29) is 17.4 Å². The van der Waals surface area contributed by atoms with Gasteiger partial charge in [0.15, 0.2) is 11.5 Å². The standard InChI is InChI=1S/C20H17N3O3S/c24-17-6-5-12(7-18(17)25)16-11-27-20(23-16)10-22-19(26)8-13-9-21-15-4-2-1-3-14(13)15/h1-7,9,11,21,24-25H,8,10H2,(H,22,26). The summed E-state index contributed by atoms with van der Waals surface area (Å²) in [5.41, 5.74) is 3.37. The second-order valence-corrected chi connectivity index (χ2v) is 7.09. The van der Waals surface area contributed by atoms with Crippen LogP contribution in [0.25, 0.3) is 22.2 Å². The molecule has 4 N–H and O–H groups in total. The number of carbonyl (C=O) groups is 1. The van der Waals surface area contributed by atoms with Crippen molar-refractivity contribution < 1.29 is 15.0 Å². The first-order valence-corrected chi connectivity index (χ1v) is 9.26. The first-order chi connectivity index (χ1) is 13.1. The Labute approximate surface area is 159 Å². The van der Waals surface area contributed by atoms with E-state index in [0.29, 0.717) is 24.2 Å². The highest BCUT2D eigenvalue weighted by Gasteiger charge is 2.11. The second-order valence-electron chi connectivity index (χ2n) is 6.14. The van der Waals surface area contributed by atoms with Crippen molar-refractivity contribution in [1.29, 1.82) is 0 Å². The maximum Gasteiger partial charge on any atom is 0.224 e. The predicted molar refractivity (Wildman–Crippen MR) is 105 cm³/mol. The molecule has 4 aromatic rings. The number of aromatic nitrogens is 2. The van der Waals surface area contributed by atoms with Crippen LogP contribution >= 0.6 is 11.3 Å². The average Bonchev–Trinajstić information content (AvgIpc) is 3.30. The van der Waals surface area contributed by atoms with Crippen molar-refractivity contribution >= 4 is 28.1 Å². The van der Waals surface area contributed by atoms with Crippen molar-refractivity contribution in [2.45, 2.75) is 13.0 Å². The number of rotatable bonds is 5. The monoisotopic (exact) mass is 379 g/mol. The number of benzene rings is 2. The highest BCUT2D eigenvalue weighted by atomic mass is 32.1. The maximum atomic E-state index is 12.3. The van der Waals surface area contributed by atoms with Crippen molar-refractivity contribution in [2.24, 2.45) is 0 Å². The maximum absolute atomic E-state index is 12.3. The molecule has 6 nitrogen and oxygen atoms in total. The highest BCUT2D eigenvalue weighted by molar-refractivity contribution is 7.09. The quantitative estimate of drug-likeness (QED) is 0.399. The lowest BCUT2D eigenvalue weighted by molar-refractivity contribution is -0.120. The average molecular weight is 379 g/mol. The van der Waals surface area contributed by atoms with E-state index < -0.39 is 0 Å². The first kappa shape index (κ1) is 17.1. The molecule has 1 amide bonds. The number of nitrogens with one attached hydrogen (secondary N) is 2. The van der Waals surface area contributed by atoms with Gasteiger partial charge in [0.1, 0.15) is 5.01 Å². The number of hydrogen-bond acceptors (Lipinski definition) is 5. The summed E-state index contributed by atoms with van der Waals surface area (Å²) in [6, 6.07) is 12.5. The van der Waals surface area contributed by atoms with Crippen molar-refractivity contribution in [2.75, 3.05) is 0 Å². The number of fused-ring (bicyclic) bond motifs is 1. The van der Waals surface area contributed by atoms with Crippen LogP contribution in [0.3, 0.4) is 0 Å². The fraction of sp³-hybridized carbons (Fsp3) is 0.100. The third-order valence-corrected chi connectivity index (χ3v) is 5.13. The van der Waals surface area contributed by atoms with E-state index in [1.165, 1.54) is 23.5 Å². The van der Waals surface area contributed by atoms with E-state index in [0.717, 1.165) is 21.5 Å². The molecule has 0 radical (unpaired) electrons. The van der Waals surface area contributed by atoms with Gasteiger partial charge >= 0.3 is 0 Å². The molecule has 0 atom stereocenters. The van der Waals surface area contributed by atoms with Crippen LogP contribution in [0.2, 0.25) is 0 Å². The van der Waals surface area contributed by atoms with Gasteiger partial charge in [-0.3, -0.25) is 4.79 Å². The number of para-hydroxylation sites is 1. The van der Waals surface area contributed by atoms with E-state index in [9.17, 15) is 15.0 Å². The van der Waals surface area contributed by atoms with Crippen LogP contribution in [0, 0.1) is 0 Å². The second kappa shape index (κ2) is 7.13. The van der Waals surface area contributed by atoms with E-state index in [1.807, 2.05) is 35.8 Å². The summed E-state index contributed by atoms with van der Waals surface area (Å²) in [6.07, 6.45) is 2.16. The van der Waals surface area contributed by atoms with Gasteiger partial charge in [0.2, 0.25) is 5.91 Å². The molecule has 0 saturated heterocycles. The van der Waals surface area contributed by atoms with Crippen LogP contribution in [0.15, 0.2) is 54.0 Å². The molecule has 2 aromatic carbocycles. The molecule has 4 rings (SSSR count). The molecule has 0 saturated carbocycles. The minimum Gasteiger partial charge on any atom is -0.504 e. The largest absolute Gasteiger partial charge is 0.504 e. The zero-order valence-corrected chi connectivity index (χ0v) is 15.1. The van der Waals surface area contributed by atoms with Gasteiger partial charge in [0, 0.05) is 28.0 Å². The van der Waals surface area contributed by atoms with E-state index in [2.05, 4.69) is 15.3 Å². The molecule has 0 unspecified atom stereocenters. The number of hydrogen-bond donors (Lipinski definition) is 4. The van der Waals surface area contributed by atoms with E-state index in [4.69, 9.17) is 0 Å². The molecule has 0 fully saturated rings. The fourth-order valence-corrected chi connectivity index (χ4v) is 3.64. The highest BCUT2D eigenvalue weighted by Crippen LogP contribution is 2.31. The van der Waals surface area contributed by atoms with Crippen LogP contribution < -0.4 is 5.32 Å². The number of phenols is 2. The number of aromatic hydroxyl groups is 2. The van der Waals surface area contributed by atoms with Gasteiger partial charge in [-0.15, -0.1) is 11.3 Å². The molecule has 27 heavy (non-hydrogen) atoms. The molecule has 7 heteroatoms. The number of thiazole rings is 1. The zero-order valence-electron chi connectivity index (χ0n) is 14.3. The summed E-state index contributed by atoms with van der Waals surface area (Å²) >= 11 is 1.43. The molecule has 0 spiro atoms. The van der Waals surface area contributed by atoms with E-state index >= 15 is 0 Å². The lowest BCUT2D eigenvalue weighted by Gasteiger charge is -2.03. The summed E-state index contributed by atoms with van der Waals surface area (Å²) in [5, 5.41) is 25.6. The Morgan fingerprint density at radius 2 is 2.00 bits per heavy atom. The summed E-state index contributed by atoms with van der Waals surface area (Å²) in [6.45, 7) is 0.343. The summed E-state index contributed by atoms with van der Waals surface area (Å²) < 4.78 is 0. The lowest BCUT2D eigenvalue weighted by Crippen LogP contribution is -2.24. The summed E-state index contributed by atoms with van der Waals surface area (Å²) in [5.74, 6) is -0.424. The molecular formula is C20H17N3O3S. The number of nitrogens with zero attached hydrogens (tertiary/aromatic N) is 1. The Balaban J connectivity index is 1.39. The molecule has 0 aliphatic rings. The van der Waals surface area contributed by atoms with Crippen LogP contribution in [0.5, 0.6) is 11.5 Å². The molecule has 0 aliphatic carbocycles. The number of phenolic OH excluding ortho intramolecular Hbond substituents is 2. The van der Waals surface area contributed by atoms with Crippen LogP contribution in [-0.2, 0) is 17.8 Å². The summed E-state index contributed by atoms with van der Waals surface area (Å²) in [4.78, 5) is 19.9. The predicted octanol–water partition coefficient (Wildman–Crippen LogP) is 3.56. The van der Waals surface area contributed by atoms with E-state index in [1.54, 1.807) is 6.07 Å². The van der Waals surface area contributed by atoms with Crippen LogP contribution in [-0.4, -0.2) is 26.1 Å². The topological polar surface area (TPSA) is 98.2 Å². The van der Waals surface area contributed by atoms with Gasteiger partial charge in [-0.2, -0.15) is 0 Å². The number of aromatic amines is 1. The van der Waals surface area contributed by atoms with Gasteiger partial charge in [-0.05, 0) is 29.8 Å². The Bertz CT molecular complexity index is 1120. The lowest BCUT2D eigenvalue weighted by atomic mass is 10.1. The fourth-order valence-electron chi connectivity index (χ4n) is 2.89. The molecule has 0 aliphatic heterocycles. The van der Waals surface area contributed by atoms with Crippen LogP contribution in [0.1, 0.15) is 10.6 Å². The van der Waals surface area contributed by atoms with Gasteiger partial charge in [0.05, 0.1) is 18.7 Å². The molecule has 2 aromatic heterocycles. The minimum atomic E-state index is -0.186. The zero-order chi connectivity index (χ0) is 18.8. The molecule has 136 valence electrons. The van der Waals surface area contributed by atoms with Gasteiger partial charge in [0.25, 0.3) is 0 Å². The van der Waals surface area contributed by atoms with Gasteiger partial charge in [-0.1, -0.05) is 18.2 Å². The molecule has 2 heterocycles.